The first-order valence-electron chi connectivity index (χ1n) is 7.44. The Morgan fingerprint density at radius 1 is 0.857 bits per heavy atom. The molecule has 2 aromatic rings. The molecule has 2 heteroatoms. The predicted molar refractivity (Wildman–Crippen MR) is 82.4 cm³/mol. The largest absolute Gasteiger partial charge is 0.298 e. The van der Waals surface area contributed by atoms with E-state index in [0.717, 1.165) is 18.4 Å². The Morgan fingerprint density at radius 3 is 2.10 bits per heavy atom. The highest BCUT2D eigenvalue weighted by Gasteiger charge is 2.47. The van der Waals surface area contributed by atoms with Crippen LogP contribution in [-0.4, -0.2) is 11.6 Å². The van der Waals surface area contributed by atoms with E-state index in [1.807, 2.05) is 48.5 Å². The van der Waals surface area contributed by atoms with Gasteiger partial charge in [-0.25, -0.2) is 0 Å². The topological polar surface area (TPSA) is 34.1 Å². The number of benzene rings is 2. The Balaban J connectivity index is 2.13. The van der Waals surface area contributed by atoms with Crippen LogP contribution in [0.4, 0.5) is 0 Å². The van der Waals surface area contributed by atoms with E-state index in [4.69, 9.17) is 0 Å². The van der Waals surface area contributed by atoms with Gasteiger partial charge in [0.25, 0.3) is 0 Å². The van der Waals surface area contributed by atoms with Crippen molar-refractivity contribution in [3.8, 4) is 0 Å². The second-order valence-corrected chi connectivity index (χ2v) is 5.60. The highest BCUT2D eigenvalue weighted by atomic mass is 16.2. The lowest BCUT2D eigenvalue weighted by atomic mass is 9.64. The van der Waals surface area contributed by atoms with Gasteiger partial charge in [0, 0.05) is 12.0 Å². The van der Waals surface area contributed by atoms with Gasteiger partial charge in [0.1, 0.15) is 5.41 Å². The number of Topliss-reactive ketones (excluding diaryl/α,β-unsaturated/α-hetero) is 2. The number of carbonyl (C=O) groups is 2. The van der Waals surface area contributed by atoms with Crippen LogP contribution in [0.1, 0.15) is 41.6 Å². The molecule has 0 spiro atoms. The van der Waals surface area contributed by atoms with Crippen LogP contribution in [0.25, 0.3) is 0 Å². The molecular formula is C19H18O2. The average Bonchev–Trinajstić information content (AvgIpc) is 2.56. The van der Waals surface area contributed by atoms with Crippen molar-refractivity contribution in [2.45, 2.75) is 31.1 Å². The second kappa shape index (κ2) is 5.65. The van der Waals surface area contributed by atoms with Crippen molar-refractivity contribution < 1.29 is 9.59 Å². The molecule has 0 aliphatic heterocycles. The summed E-state index contributed by atoms with van der Waals surface area (Å²) in [6.45, 7) is 0. The first kappa shape index (κ1) is 13.7. The minimum atomic E-state index is -0.985. The summed E-state index contributed by atoms with van der Waals surface area (Å²) in [6.07, 6.45) is 2.91. The molecule has 0 saturated heterocycles. The summed E-state index contributed by atoms with van der Waals surface area (Å²) >= 11 is 0. The zero-order valence-electron chi connectivity index (χ0n) is 11.9. The SMILES string of the molecule is O=C1CCCC[C@]1(C(=O)c1ccccc1)c1ccccc1. The van der Waals surface area contributed by atoms with Gasteiger partial charge in [0.05, 0.1) is 0 Å². The molecule has 21 heavy (non-hydrogen) atoms. The molecule has 2 aromatic carbocycles. The third-order valence-electron chi connectivity index (χ3n) is 4.37. The lowest BCUT2D eigenvalue weighted by Gasteiger charge is -2.35. The van der Waals surface area contributed by atoms with E-state index in [1.54, 1.807) is 12.1 Å². The Morgan fingerprint density at radius 2 is 1.48 bits per heavy atom. The molecule has 0 heterocycles. The number of rotatable bonds is 3. The third-order valence-corrected chi connectivity index (χ3v) is 4.37. The summed E-state index contributed by atoms with van der Waals surface area (Å²) in [5.74, 6) is 0.00723. The fourth-order valence-corrected chi connectivity index (χ4v) is 3.26. The van der Waals surface area contributed by atoms with Gasteiger partial charge in [0.2, 0.25) is 0 Å². The van der Waals surface area contributed by atoms with Gasteiger partial charge < -0.3 is 0 Å². The van der Waals surface area contributed by atoms with E-state index in [9.17, 15) is 9.59 Å². The molecule has 1 saturated carbocycles. The predicted octanol–water partition coefficient (Wildman–Crippen LogP) is 3.95. The van der Waals surface area contributed by atoms with Gasteiger partial charge in [-0.2, -0.15) is 0 Å². The number of carbonyl (C=O) groups excluding carboxylic acids is 2. The molecule has 1 fully saturated rings. The van der Waals surface area contributed by atoms with Gasteiger partial charge in [-0.15, -0.1) is 0 Å². The van der Waals surface area contributed by atoms with Crippen LogP contribution < -0.4 is 0 Å². The third kappa shape index (κ3) is 2.31. The van der Waals surface area contributed by atoms with E-state index < -0.39 is 5.41 Å². The summed E-state index contributed by atoms with van der Waals surface area (Å²) in [7, 11) is 0. The van der Waals surface area contributed by atoms with Gasteiger partial charge >= 0.3 is 0 Å². The molecule has 1 aliphatic rings. The zero-order chi connectivity index (χ0) is 14.7. The van der Waals surface area contributed by atoms with Crippen LogP contribution in [0.5, 0.6) is 0 Å². The van der Waals surface area contributed by atoms with Crippen LogP contribution >= 0.6 is 0 Å². The van der Waals surface area contributed by atoms with Crippen LogP contribution in [0.15, 0.2) is 60.7 Å². The molecule has 2 nitrogen and oxygen atoms in total. The molecule has 1 aliphatic carbocycles. The minimum Gasteiger partial charge on any atom is -0.298 e. The van der Waals surface area contributed by atoms with Crippen molar-refractivity contribution in [3.63, 3.8) is 0 Å². The quantitative estimate of drug-likeness (QED) is 0.629. The highest BCUT2D eigenvalue weighted by molar-refractivity contribution is 6.19. The highest BCUT2D eigenvalue weighted by Crippen LogP contribution is 2.39. The van der Waals surface area contributed by atoms with Gasteiger partial charge in [0.15, 0.2) is 11.6 Å². The van der Waals surface area contributed by atoms with E-state index in [2.05, 4.69) is 0 Å². The molecule has 0 unspecified atom stereocenters. The zero-order valence-corrected chi connectivity index (χ0v) is 11.9. The van der Waals surface area contributed by atoms with E-state index in [0.29, 0.717) is 18.4 Å². The maximum atomic E-state index is 13.1. The van der Waals surface area contributed by atoms with Crippen molar-refractivity contribution in [3.05, 3.63) is 71.8 Å². The van der Waals surface area contributed by atoms with Crippen LogP contribution in [0, 0.1) is 0 Å². The maximum Gasteiger partial charge on any atom is 0.180 e. The molecule has 0 radical (unpaired) electrons. The van der Waals surface area contributed by atoms with Crippen LogP contribution in [0.2, 0.25) is 0 Å². The molecular weight excluding hydrogens is 260 g/mol. The molecule has 0 amide bonds. The Hall–Kier alpha value is -2.22. The fourth-order valence-electron chi connectivity index (χ4n) is 3.26. The Bertz CT molecular complexity index is 646. The van der Waals surface area contributed by atoms with Crippen molar-refractivity contribution in [1.29, 1.82) is 0 Å². The van der Waals surface area contributed by atoms with Crippen LogP contribution in [-0.2, 0) is 10.2 Å². The Kier molecular flexibility index (Phi) is 3.70. The summed E-state index contributed by atoms with van der Waals surface area (Å²) in [6, 6.07) is 18.7. The van der Waals surface area contributed by atoms with Crippen molar-refractivity contribution >= 4 is 11.6 Å². The maximum absolute atomic E-state index is 13.1. The molecule has 1 atom stereocenters. The molecule has 0 bridgehead atoms. The first-order valence-corrected chi connectivity index (χ1v) is 7.44. The number of hydrogen-bond acceptors (Lipinski definition) is 2. The van der Waals surface area contributed by atoms with Crippen molar-refractivity contribution in [2.24, 2.45) is 0 Å². The lowest BCUT2D eigenvalue weighted by molar-refractivity contribution is -0.124. The van der Waals surface area contributed by atoms with E-state index in [1.165, 1.54) is 0 Å². The number of ketones is 2. The summed E-state index contributed by atoms with van der Waals surface area (Å²) in [4.78, 5) is 25.8. The molecule has 3 rings (SSSR count). The smallest absolute Gasteiger partial charge is 0.180 e. The monoisotopic (exact) mass is 278 g/mol. The summed E-state index contributed by atoms with van der Waals surface area (Å²) in [5, 5.41) is 0. The number of hydrogen-bond donors (Lipinski definition) is 0. The second-order valence-electron chi connectivity index (χ2n) is 5.60. The van der Waals surface area contributed by atoms with E-state index >= 15 is 0 Å². The average molecular weight is 278 g/mol. The molecule has 106 valence electrons. The standard InChI is InChI=1S/C19H18O2/c20-17-13-7-8-14-19(17,16-11-5-2-6-12-16)18(21)15-9-3-1-4-10-15/h1-6,9-12H,7-8,13-14H2/t19-/m0/s1. The molecule has 0 aromatic heterocycles. The summed E-state index contributed by atoms with van der Waals surface area (Å²) in [5.41, 5.74) is 0.473. The van der Waals surface area contributed by atoms with Crippen molar-refractivity contribution in [1.82, 2.24) is 0 Å². The van der Waals surface area contributed by atoms with Gasteiger partial charge in [-0.1, -0.05) is 67.1 Å². The Labute approximate surface area is 124 Å². The molecule has 0 N–H and O–H groups in total. The normalized spacial score (nSPS) is 22.0. The lowest BCUT2D eigenvalue weighted by Crippen LogP contribution is -2.45. The van der Waals surface area contributed by atoms with Gasteiger partial charge in [-0.3, -0.25) is 9.59 Å². The summed E-state index contributed by atoms with van der Waals surface area (Å²) < 4.78 is 0. The van der Waals surface area contributed by atoms with Gasteiger partial charge in [-0.05, 0) is 18.4 Å². The minimum absolute atomic E-state index is 0.0565. The van der Waals surface area contributed by atoms with Crippen LogP contribution in [0.3, 0.4) is 0 Å². The van der Waals surface area contributed by atoms with Crippen molar-refractivity contribution in [2.75, 3.05) is 0 Å². The van der Waals surface area contributed by atoms with E-state index in [-0.39, 0.29) is 11.6 Å². The first-order chi connectivity index (χ1) is 10.2. The fraction of sp³-hybridized carbons (Fsp3) is 0.263.